The fraction of sp³-hybridized carbons (Fsp3) is 0.875. The zero-order valence-electron chi connectivity index (χ0n) is 12.9. The molecule has 1 N–H and O–H groups in total. The standard InChI is InChI=1S/C16H33N/c1-8-9-17-15(10-13(2)3)11-14(4)12-16(5,6)7/h14-15,17H,2,8-12H2,1,3-7H3. The Kier molecular flexibility index (Phi) is 7.78. The molecule has 0 aromatic carbocycles. The zero-order valence-corrected chi connectivity index (χ0v) is 12.9. The molecule has 0 saturated carbocycles. The van der Waals surface area contributed by atoms with E-state index in [9.17, 15) is 0 Å². The normalized spacial score (nSPS) is 15.6. The molecule has 1 heteroatoms. The van der Waals surface area contributed by atoms with Gasteiger partial charge in [-0.05, 0) is 50.5 Å². The highest BCUT2D eigenvalue weighted by Crippen LogP contribution is 2.27. The van der Waals surface area contributed by atoms with Crippen LogP contribution in [0.15, 0.2) is 12.2 Å². The maximum absolute atomic E-state index is 4.04. The van der Waals surface area contributed by atoms with Gasteiger partial charge in [-0.3, -0.25) is 0 Å². The van der Waals surface area contributed by atoms with Crippen molar-refractivity contribution in [2.24, 2.45) is 11.3 Å². The minimum absolute atomic E-state index is 0.442. The summed E-state index contributed by atoms with van der Waals surface area (Å²) in [5.41, 5.74) is 1.74. The number of hydrogen-bond donors (Lipinski definition) is 1. The highest BCUT2D eigenvalue weighted by atomic mass is 14.9. The van der Waals surface area contributed by atoms with Crippen molar-refractivity contribution in [1.82, 2.24) is 5.32 Å². The van der Waals surface area contributed by atoms with Crippen LogP contribution < -0.4 is 5.32 Å². The fourth-order valence-electron chi connectivity index (χ4n) is 2.62. The summed E-state index contributed by atoms with van der Waals surface area (Å²) in [6.45, 7) is 18.9. The van der Waals surface area contributed by atoms with Gasteiger partial charge in [-0.2, -0.15) is 0 Å². The largest absolute Gasteiger partial charge is 0.314 e. The van der Waals surface area contributed by atoms with Crippen molar-refractivity contribution in [3.8, 4) is 0 Å². The molecule has 17 heavy (non-hydrogen) atoms. The van der Waals surface area contributed by atoms with Crippen LogP contribution in [0.5, 0.6) is 0 Å². The molecule has 0 bridgehead atoms. The first-order valence-electron chi connectivity index (χ1n) is 7.12. The van der Waals surface area contributed by atoms with Gasteiger partial charge in [0, 0.05) is 6.04 Å². The summed E-state index contributed by atoms with van der Waals surface area (Å²) in [6.07, 6.45) is 4.90. The van der Waals surface area contributed by atoms with Crippen molar-refractivity contribution in [2.45, 2.75) is 73.3 Å². The molecule has 2 atom stereocenters. The van der Waals surface area contributed by atoms with E-state index in [1.54, 1.807) is 0 Å². The summed E-state index contributed by atoms with van der Waals surface area (Å²) in [7, 11) is 0. The van der Waals surface area contributed by atoms with Gasteiger partial charge in [-0.15, -0.1) is 6.58 Å². The highest BCUT2D eigenvalue weighted by Gasteiger charge is 2.18. The van der Waals surface area contributed by atoms with Crippen molar-refractivity contribution < 1.29 is 0 Å². The first-order valence-corrected chi connectivity index (χ1v) is 7.12. The molecule has 1 nitrogen and oxygen atoms in total. The molecule has 0 rings (SSSR count). The number of rotatable bonds is 8. The molecular weight excluding hydrogens is 206 g/mol. The summed E-state index contributed by atoms with van der Waals surface area (Å²) in [6, 6.07) is 0.616. The zero-order chi connectivity index (χ0) is 13.5. The second kappa shape index (κ2) is 7.92. The lowest BCUT2D eigenvalue weighted by molar-refractivity contribution is 0.274. The summed E-state index contributed by atoms with van der Waals surface area (Å²) in [4.78, 5) is 0. The van der Waals surface area contributed by atoms with Gasteiger partial charge in [-0.1, -0.05) is 40.2 Å². The number of hydrogen-bond acceptors (Lipinski definition) is 1. The van der Waals surface area contributed by atoms with E-state index < -0.39 is 0 Å². The third-order valence-corrected chi connectivity index (χ3v) is 2.93. The molecule has 0 saturated heterocycles. The Balaban J connectivity index is 4.16. The maximum atomic E-state index is 4.04. The van der Waals surface area contributed by atoms with E-state index in [0.29, 0.717) is 11.5 Å². The summed E-state index contributed by atoms with van der Waals surface area (Å²) < 4.78 is 0. The molecule has 0 aliphatic heterocycles. The van der Waals surface area contributed by atoms with Crippen molar-refractivity contribution >= 4 is 0 Å². The third-order valence-electron chi connectivity index (χ3n) is 2.93. The lowest BCUT2D eigenvalue weighted by Crippen LogP contribution is -2.32. The third kappa shape index (κ3) is 10.6. The van der Waals surface area contributed by atoms with Gasteiger partial charge < -0.3 is 5.32 Å². The second-order valence-electron chi connectivity index (χ2n) is 6.92. The Labute approximate surface area is 109 Å². The molecule has 102 valence electrons. The molecule has 0 aliphatic carbocycles. The van der Waals surface area contributed by atoms with Crippen LogP contribution >= 0.6 is 0 Å². The Morgan fingerprint density at radius 2 is 1.88 bits per heavy atom. The molecular formula is C16H33N. The molecule has 0 aliphatic rings. The molecule has 0 aromatic rings. The van der Waals surface area contributed by atoms with Gasteiger partial charge in [0.25, 0.3) is 0 Å². The Hall–Kier alpha value is -0.300. The highest BCUT2D eigenvalue weighted by molar-refractivity contribution is 4.93. The maximum Gasteiger partial charge on any atom is 0.0107 e. The quantitative estimate of drug-likeness (QED) is 0.601. The molecule has 0 amide bonds. The summed E-state index contributed by atoms with van der Waals surface area (Å²) in [5.74, 6) is 0.781. The summed E-state index contributed by atoms with van der Waals surface area (Å²) in [5, 5.41) is 3.66. The average Bonchev–Trinajstić information content (AvgIpc) is 2.09. The van der Waals surface area contributed by atoms with E-state index >= 15 is 0 Å². The predicted octanol–water partition coefficient (Wildman–Crippen LogP) is 4.78. The van der Waals surface area contributed by atoms with Crippen LogP contribution in [0.25, 0.3) is 0 Å². The molecule has 0 heterocycles. The minimum Gasteiger partial charge on any atom is -0.314 e. The monoisotopic (exact) mass is 239 g/mol. The van der Waals surface area contributed by atoms with E-state index in [1.807, 2.05) is 0 Å². The molecule has 2 unspecified atom stereocenters. The van der Waals surface area contributed by atoms with Crippen LogP contribution in [0.4, 0.5) is 0 Å². The van der Waals surface area contributed by atoms with Crippen molar-refractivity contribution in [3.05, 3.63) is 12.2 Å². The van der Waals surface area contributed by atoms with Crippen molar-refractivity contribution in [1.29, 1.82) is 0 Å². The number of nitrogens with one attached hydrogen (secondary N) is 1. The van der Waals surface area contributed by atoms with Crippen LogP contribution in [0.1, 0.15) is 67.2 Å². The predicted molar refractivity (Wildman–Crippen MR) is 79.4 cm³/mol. The summed E-state index contributed by atoms with van der Waals surface area (Å²) >= 11 is 0. The first kappa shape index (κ1) is 16.7. The van der Waals surface area contributed by atoms with Gasteiger partial charge in [0.2, 0.25) is 0 Å². The van der Waals surface area contributed by atoms with E-state index in [0.717, 1.165) is 18.9 Å². The van der Waals surface area contributed by atoms with E-state index in [1.165, 1.54) is 24.8 Å². The van der Waals surface area contributed by atoms with Gasteiger partial charge >= 0.3 is 0 Å². The van der Waals surface area contributed by atoms with Crippen LogP contribution in [0.3, 0.4) is 0 Å². The van der Waals surface area contributed by atoms with Crippen molar-refractivity contribution in [3.63, 3.8) is 0 Å². The molecule has 0 aromatic heterocycles. The lowest BCUT2D eigenvalue weighted by Gasteiger charge is -2.27. The first-order chi connectivity index (χ1) is 7.74. The van der Waals surface area contributed by atoms with Gasteiger partial charge in [0.15, 0.2) is 0 Å². The topological polar surface area (TPSA) is 12.0 Å². The van der Waals surface area contributed by atoms with E-state index in [-0.39, 0.29) is 0 Å². The average molecular weight is 239 g/mol. The van der Waals surface area contributed by atoms with Gasteiger partial charge in [0.05, 0.1) is 0 Å². The van der Waals surface area contributed by atoms with Crippen LogP contribution in [0.2, 0.25) is 0 Å². The van der Waals surface area contributed by atoms with Crippen LogP contribution in [0, 0.1) is 11.3 Å². The Morgan fingerprint density at radius 3 is 2.29 bits per heavy atom. The van der Waals surface area contributed by atoms with E-state index in [2.05, 4.69) is 53.4 Å². The minimum atomic E-state index is 0.442. The lowest BCUT2D eigenvalue weighted by atomic mass is 9.82. The van der Waals surface area contributed by atoms with Gasteiger partial charge in [-0.25, -0.2) is 0 Å². The SMILES string of the molecule is C=C(C)CC(CC(C)CC(C)(C)C)NCCC. The molecule has 0 fully saturated rings. The second-order valence-corrected chi connectivity index (χ2v) is 6.92. The Morgan fingerprint density at radius 1 is 1.29 bits per heavy atom. The van der Waals surface area contributed by atoms with Gasteiger partial charge in [0.1, 0.15) is 0 Å². The van der Waals surface area contributed by atoms with E-state index in [4.69, 9.17) is 0 Å². The van der Waals surface area contributed by atoms with Crippen LogP contribution in [-0.4, -0.2) is 12.6 Å². The smallest absolute Gasteiger partial charge is 0.0107 e. The van der Waals surface area contributed by atoms with Crippen LogP contribution in [-0.2, 0) is 0 Å². The van der Waals surface area contributed by atoms with Crippen molar-refractivity contribution in [2.75, 3.05) is 6.54 Å². The Bertz CT molecular complexity index is 212. The molecule has 0 radical (unpaired) electrons. The molecule has 0 spiro atoms. The fourth-order valence-corrected chi connectivity index (χ4v) is 2.62.